The van der Waals surface area contributed by atoms with E-state index in [1.807, 2.05) is 4.68 Å². The molecule has 0 fully saturated rings. The van der Waals surface area contributed by atoms with Gasteiger partial charge in [-0.3, -0.25) is 4.68 Å². The lowest BCUT2D eigenvalue weighted by molar-refractivity contribution is 0.564. The Bertz CT molecular complexity index is 270. The van der Waals surface area contributed by atoms with E-state index < -0.39 is 0 Å². The molecule has 74 valence electrons. The molecule has 1 unspecified atom stereocenters. The molecule has 0 radical (unpaired) electrons. The molecule has 0 bridgehead atoms. The highest BCUT2D eigenvalue weighted by atomic mass is 35.5. The summed E-state index contributed by atoms with van der Waals surface area (Å²) in [6, 6.07) is 0. The van der Waals surface area contributed by atoms with Gasteiger partial charge >= 0.3 is 0 Å². The van der Waals surface area contributed by atoms with Crippen molar-refractivity contribution in [3.63, 3.8) is 0 Å². The number of aryl methyl sites for hydroxylation is 1. The van der Waals surface area contributed by atoms with Crippen molar-refractivity contribution in [3.8, 4) is 0 Å². The Hall–Kier alpha value is -0.540. The number of hydrogen-bond donors (Lipinski definition) is 1. The Labute approximate surface area is 83.9 Å². The van der Waals surface area contributed by atoms with E-state index in [1.54, 1.807) is 6.20 Å². The second-order valence-electron chi connectivity index (χ2n) is 3.17. The molecule has 2 N–H and O–H groups in total. The predicted molar refractivity (Wildman–Crippen MR) is 55.0 cm³/mol. The van der Waals surface area contributed by atoms with E-state index in [0.717, 1.165) is 23.7 Å². The second-order valence-corrected chi connectivity index (χ2v) is 3.58. The third kappa shape index (κ3) is 2.23. The van der Waals surface area contributed by atoms with Crippen molar-refractivity contribution in [3.05, 3.63) is 16.9 Å². The number of nitrogens with zero attached hydrogens (tertiary/aromatic N) is 2. The van der Waals surface area contributed by atoms with Gasteiger partial charge in [-0.15, -0.1) is 0 Å². The molecule has 0 aliphatic heterocycles. The Kier molecular flexibility index (Phi) is 3.75. The Morgan fingerprint density at radius 3 is 2.92 bits per heavy atom. The maximum atomic E-state index is 6.03. The Balaban J connectivity index is 2.89. The molecule has 0 saturated heterocycles. The van der Waals surface area contributed by atoms with Gasteiger partial charge in [0.25, 0.3) is 0 Å². The van der Waals surface area contributed by atoms with Crippen molar-refractivity contribution >= 4 is 11.6 Å². The van der Waals surface area contributed by atoms with Crippen LogP contribution in [0.5, 0.6) is 0 Å². The summed E-state index contributed by atoms with van der Waals surface area (Å²) in [6.07, 6.45) is 2.65. The zero-order valence-corrected chi connectivity index (χ0v) is 8.88. The molecule has 1 aromatic heterocycles. The first-order chi connectivity index (χ1) is 6.20. The van der Waals surface area contributed by atoms with E-state index in [2.05, 4.69) is 18.9 Å². The average Bonchev–Trinajstić information content (AvgIpc) is 2.47. The van der Waals surface area contributed by atoms with Crippen LogP contribution in [0.1, 0.15) is 31.9 Å². The predicted octanol–water partition coefficient (Wildman–Crippen LogP) is 2.01. The van der Waals surface area contributed by atoms with Gasteiger partial charge in [0, 0.05) is 12.5 Å². The first-order valence-corrected chi connectivity index (χ1v) is 4.99. The van der Waals surface area contributed by atoms with E-state index in [-0.39, 0.29) is 0 Å². The van der Waals surface area contributed by atoms with Crippen molar-refractivity contribution in [1.82, 2.24) is 9.78 Å². The first kappa shape index (κ1) is 10.5. The molecule has 1 aromatic rings. The van der Waals surface area contributed by atoms with E-state index in [4.69, 9.17) is 17.3 Å². The standard InChI is InChI=1S/C9H16ClN3/c1-3-13-9(7(2)4-5-11)8(10)6-12-13/h6-7H,3-5,11H2,1-2H3. The quantitative estimate of drug-likeness (QED) is 0.810. The van der Waals surface area contributed by atoms with Gasteiger partial charge < -0.3 is 5.73 Å². The fourth-order valence-electron chi connectivity index (χ4n) is 1.50. The maximum Gasteiger partial charge on any atom is 0.0820 e. The zero-order valence-electron chi connectivity index (χ0n) is 8.13. The van der Waals surface area contributed by atoms with Crippen LogP contribution in [0.4, 0.5) is 0 Å². The number of nitrogens with two attached hydrogens (primary N) is 1. The molecule has 0 aliphatic rings. The minimum atomic E-state index is 0.389. The van der Waals surface area contributed by atoms with Gasteiger partial charge in [-0.25, -0.2) is 0 Å². The summed E-state index contributed by atoms with van der Waals surface area (Å²) in [6.45, 7) is 5.73. The number of aromatic nitrogens is 2. The fourth-order valence-corrected chi connectivity index (χ4v) is 1.83. The molecule has 0 saturated carbocycles. The minimum absolute atomic E-state index is 0.389. The number of hydrogen-bond acceptors (Lipinski definition) is 2. The molecule has 1 heterocycles. The molecule has 0 aromatic carbocycles. The van der Waals surface area contributed by atoms with Gasteiger partial charge in [-0.1, -0.05) is 18.5 Å². The van der Waals surface area contributed by atoms with Crippen molar-refractivity contribution in [1.29, 1.82) is 0 Å². The van der Waals surface area contributed by atoms with Crippen LogP contribution in [-0.2, 0) is 6.54 Å². The summed E-state index contributed by atoms with van der Waals surface area (Å²) in [5.41, 5.74) is 6.61. The summed E-state index contributed by atoms with van der Waals surface area (Å²) in [5.74, 6) is 0.389. The summed E-state index contributed by atoms with van der Waals surface area (Å²) in [4.78, 5) is 0. The van der Waals surface area contributed by atoms with Gasteiger partial charge in [-0.05, 0) is 19.9 Å². The molecule has 1 rings (SSSR count). The zero-order chi connectivity index (χ0) is 9.84. The number of rotatable bonds is 4. The minimum Gasteiger partial charge on any atom is -0.330 e. The normalized spacial score (nSPS) is 13.2. The highest BCUT2D eigenvalue weighted by Gasteiger charge is 2.14. The number of halogens is 1. The molecule has 0 amide bonds. The van der Waals surface area contributed by atoms with Crippen molar-refractivity contribution in [2.24, 2.45) is 5.73 Å². The Morgan fingerprint density at radius 2 is 2.38 bits per heavy atom. The first-order valence-electron chi connectivity index (χ1n) is 4.62. The van der Waals surface area contributed by atoms with Crippen molar-refractivity contribution in [2.75, 3.05) is 6.54 Å². The van der Waals surface area contributed by atoms with Crippen molar-refractivity contribution < 1.29 is 0 Å². The molecule has 4 heteroatoms. The van der Waals surface area contributed by atoms with E-state index in [1.165, 1.54) is 0 Å². The third-order valence-corrected chi connectivity index (χ3v) is 2.49. The van der Waals surface area contributed by atoms with Crippen LogP contribution in [0.3, 0.4) is 0 Å². The molecule has 13 heavy (non-hydrogen) atoms. The van der Waals surface area contributed by atoms with Crippen LogP contribution >= 0.6 is 11.6 Å². The van der Waals surface area contributed by atoms with E-state index in [0.29, 0.717) is 12.5 Å². The average molecular weight is 202 g/mol. The van der Waals surface area contributed by atoms with E-state index >= 15 is 0 Å². The molecule has 0 aliphatic carbocycles. The van der Waals surface area contributed by atoms with Crippen LogP contribution in [0.2, 0.25) is 5.02 Å². The molecule has 3 nitrogen and oxygen atoms in total. The SMILES string of the molecule is CCn1ncc(Cl)c1C(C)CCN. The van der Waals surface area contributed by atoms with E-state index in [9.17, 15) is 0 Å². The lowest BCUT2D eigenvalue weighted by Gasteiger charge is -2.12. The molecular weight excluding hydrogens is 186 g/mol. The third-order valence-electron chi connectivity index (χ3n) is 2.20. The smallest absolute Gasteiger partial charge is 0.0820 e. The molecular formula is C9H16ClN3. The van der Waals surface area contributed by atoms with Gasteiger partial charge in [0.1, 0.15) is 0 Å². The second kappa shape index (κ2) is 4.63. The highest BCUT2D eigenvalue weighted by molar-refractivity contribution is 6.31. The topological polar surface area (TPSA) is 43.8 Å². The summed E-state index contributed by atoms with van der Waals surface area (Å²) in [5, 5.41) is 4.93. The van der Waals surface area contributed by atoms with Gasteiger partial charge in [-0.2, -0.15) is 5.10 Å². The lowest BCUT2D eigenvalue weighted by Crippen LogP contribution is -2.10. The van der Waals surface area contributed by atoms with Crippen LogP contribution in [0.25, 0.3) is 0 Å². The molecule has 1 atom stereocenters. The van der Waals surface area contributed by atoms with Gasteiger partial charge in [0.2, 0.25) is 0 Å². The monoisotopic (exact) mass is 201 g/mol. The van der Waals surface area contributed by atoms with Crippen LogP contribution in [-0.4, -0.2) is 16.3 Å². The fraction of sp³-hybridized carbons (Fsp3) is 0.667. The molecule has 0 spiro atoms. The highest BCUT2D eigenvalue weighted by Crippen LogP contribution is 2.25. The van der Waals surface area contributed by atoms with Crippen LogP contribution in [0, 0.1) is 0 Å². The van der Waals surface area contributed by atoms with Gasteiger partial charge in [0.05, 0.1) is 16.9 Å². The van der Waals surface area contributed by atoms with Crippen molar-refractivity contribution in [2.45, 2.75) is 32.7 Å². The van der Waals surface area contributed by atoms with Gasteiger partial charge in [0.15, 0.2) is 0 Å². The lowest BCUT2D eigenvalue weighted by atomic mass is 10.0. The summed E-state index contributed by atoms with van der Waals surface area (Å²) >= 11 is 6.03. The maximum absolute atomic E-state index is 6.03. The summed E-state index contributed by atoms with van der Waals surface area (Å²) in [7, 11) is 0. The summed E-state index contributed by atoms with van der Waals surface area (Å²) < 4.78 is 1.93. The van der Waals surface area contributed by atoms with Crippen LogP contribution < -0.4 is 5.73 Å². The largest absolute Gasteiger partial charge is 0.330 e. The van der Waals surface area contributed by atoms with Crippen LogP contribution in [0.15, 0.2) is 6.20 Å². The Morgan fingerprint density at radius 1 is 1.69 bits per heavy atom.